The average molecular weight is 192 g/mol. The third kappa shape index (κ3) is 3.77. The fourth-order valence-corrected chi connectivity index (χ4v) is 1.56. The van der Waals surface area contributed by atoms with Gasteiger partial charge in [0.05, 0.1) is 0 Å². The molecule has 2 unspecified atom stereocenters. The summed E-state index contributed by atoms with van der Waals surface area (Å²) in [6.07, 6.45) is 6.11. The summed E-state index contributed by atoms with van der Waals surface area (Å²) in [5, 5.41) is 3.47. The van der Waals surface area contributed by atoms with E-state index in [2.05, 4.69) is 31.1 Å². The van der Waals surface area contributed by atoms with Crippen molar-refractivity contribution in [3.63, 3.8) is 0 Å². The molecule has 1 heterocycles. The highest BCUT2D eigenvalue weighted by molar-refractivity contribution is 5.41. The lowest BCUT2D eigenvalue weighted by Crippen LogP contribution is -2.18. The van der Waals surface area contributed by atoms with Crippen molar-refractivity contribution in [2.75, 3.05) is 5.32 Å². The van der Waals surface area contributed by atoms with E-state index in [1.807, 2.05) is 24.5 Å². The summed E-state index contributed by atoms with van der Waals surface area (Å²) in [7, 11) is 0. The van der Waals surface area contributed by atoms with Gasteiger partial charge in [0.25, 0.3) is 0 Å². The zero-order valence-corrected chi connectivity index (χ0v) is 9.33. The maximum atomic E-state index is 3.99. The summed E-state index contributed by atoms with van der Waals surface area (Å²) in [4.78, 5) is 3.99. The minimum absolute atomic E-state index is 0.535. The van der Waals surface area contributed by atoms with Gasteiger partial charge in [-0.05, 0) is 31.4 Å². The van der Waals surface area contributed by atoms with E-state index in [-0.39, 0.29) is 0 Å². The van der Waals surface area contributed by atoms with Crippen LogP contribution in [0.15, 0.2) is 24.5 Å². The molecule has 1 rings (SSSR count). The number of pyridine rings is 1. The fourth-order valence-electron chi connectivity index (χ4n) is 1.56. The SMILES string of the molecule is CCC(C)CC(C)Nc1ccncc1. The molecule has 0 spiro atoms. The molecule has 2 heteroatoms. The van der Waals surface area contributed by atoms with E-state index in [1.165, 1.54) is 12.8 Å². The number of hydrogen-bond acceptors (Lipinski definition) is 2. The van der Waals surface area contributed by atoms with Crippen molar-refractivity contribution in [2.24, 2.45) is 5.92 Å². The summed E-state index contributed by atoms with van der Waals surface area (Å²) >= 11 is 0. The Morgan fingerprint density at radius 3 is 2.50 bits per heavy atom. The van der Waals surface area contributed by atoms with Crippen molar-refractivity contribution < 1.29 is 0 Å². The summed E-state index contributed by atoms with van der Waals surface area (Å²) < 4.78 is 0. The molecule has 0 amide bonds. The van der Waals surface area contributed by atoms with Crippen LogP contribution < -0.4 is 5.32 Å². The predicted molar refractivity (Wildman–Crippen MR) is 61.4 cm³/mol. The molecule has 0 aliphatic heterocycles. The molecule has 1 aromatic heterocycles. The lowest BCUT2D eigenvalue weighted by Gasteiger charge is -2.18. The number of aromatic nitrogens is 1. The maximum absolute atomic E-state index is 3.99. The molecule has 0 bridgehead atoms. The molecule has 78 valence electrons. The molecule has 0 fully saturated rings. The first-order chi connectivity index (χ1) is 6.72. The monoisotopic (exact) mass is 192 g/mol. The Morgan fingerprint density at radius 1 is 1.29 bits per heavy atom. The van der Waals surface area contributed by atoms with Gasteiger partial charge < -0.3 is 5.32 Å². The second kappa shape index (κ2) is 5.63. The van der Waals surface area contributed by atoms with Gasteiger partial charge in [-0.15, -0.1) is 0 Å². The van der Waals surface area contributed by atoms with Gasteiger partial charge in [0, 0.05) is 24.1 Å². The summed E-state index contributed by atoms with van der Waals surface area (Å²) in [6, 6.07) is 4.55. The smallest absolute Gasteiger partial charge is 0.0373 e. The minimum Gasteiger partial charge on any atom is -0.382 e. The van der Waals surface area contributed by atoms with Crippen molar-refractivity contribution in [1.29, 1.82) is 0 Å². The van der Waals surface area contributed by atoms with Crippen molar-refractivity contribution >= 4 is 5.69 Å². The van der Waals surface area contributed by atoms with Crippen LogP contribution in [-0.4, -0.2) is 11.0 Å². The Morgan fingerprint density at radius 2 is 1.93 bits per heavy atom. The second-order valence-electron chi connectivity index (χ2n) is 4.03. The van der Waals surface area contributed by atoms with Gasteiger partial charge >= 0.3 is 0 Å². The Hall–Kier alpha value is -1.05. The molecule has 0 aliphatic carbocycles. The molecule has 2 nitrogen and oxygen atoms in total. The van der Waals surface area contributed by atoms with Gasteiger partial charge in [0.15, 0.2) is 0 Å². The van der Waals surface area contributed by atoms with E-state index < -0.39 is 0 Å². The Kier molecular flexibility index (Phi) is 4.44. The first-order valence-corrected chi connectivity index (χ1v) is 5.39. The highest BCUT2D eigenvalue weighted by atomic mass is 14.9. The van der Waals surface area contributed by atoms with Gasteiger partial charge in [0.2, 0.25) is 0 Å². The number of nitrogens with one attached hydrogen (secondary N) is 1. The lowest BCUT2D eigenvalue weighted by atomic mass is 10.0. The average Bonchev–Trinajstić information content (AvgIpc) is 2.19. The van der Waals surface area contributed by atoms with Crippen LogP contribution in [-0.2, 0) is 0 Å². The summed E-state index contributed by atoms with van der Waals surface area (Å²) in [5.74, 6) is 0.791. The number of nitrogens with zero attached hydrogens (tertiary/aromatic N) is 1. The molecule has 0 saturated heterocycles. The predicted octanol–water partition coefficient (Wildman–Crippen LogP) is 3.32. The quantitative estimate of drug-likeness (QED) is 0.774. The standard InChI is InChI=1S/C12H20N2/c1-4-10(2)9-11(3)14-12-5-7-13-8-6-12/h5-8,10-11H,4,9H2,1-3H3,(H,13,14). The molecule has 14 heavy (non-hydrogen) atoms. The number of rotatable bonds is 5. The molecular weight excluding hydrogens is 172 g/mol. The van der Waals surface area contributed by atoms with Gasteiger partial charge in [0.1, 0.15) is 0 Å². The normalized spacial score (nSPS) is 14.8. The van der Waals surface area contributed by atoms with Gasteiger partial charge in [-0.25, -0.2) is 0 Å². The van der Waals surface area contributed by atoms with Crippen LogP contribution in [0.5, 0.6) is 0 Å². The molecule has 0 radical (unpaired) electrons. The zero-order chi connectivity index (χ0) is 10.4. The van der Waals surface area contributed by atoms with Crippen molar-refractivity contribution in [1.82, 2.24) is 4.98 Å². The maximum Gasteiger partial charge on any atom is 0.0373 e. The van der Waals surface area contributed by atoms with Gasteiger partial charge in [-0.2, -0.15) is 0 Å². The Labute approximate surface area is 86.8 Å². The summed E-state index contributed by atoms with van der Waals surface area (Å²) in [6.45, 7) is 6.77. The van der Waals surface area contributed by atoms with E-state index in [0.29, 0.717) is 6.04 Å². The van der Waals surface area contributed by atoms with E-state index >= 15 is 0 Å². The van der Waals surface area contributed by atoms with Crippen molar-refractivity contribution in [2.45, 2.75) is 39.7 Å². The largest absolute Gasteiger partial charge is 0.382 e. The van der Waals surface area contributed by atoms with Crippen LogP contribution in [0.2, 0.25) is 0 Å². The molecule has 1 N–H and O–H groups in total. The lowest BCUT2D eigenvalue weighted by molar-refractivity contribution is 0.484. The zero-order valence-electron chi connectivity index (χ0n) is 9.33. The molecular formula is C12H20N2. The van der Waals surface area contributed by atoms with E-state index in [0.717, 1.165) is 11.6 Å². The third-order valence-corrected chi connectivity index (χ3v) is 2.55. The highest BCUT2D eigenvalue weighted by Crippen LogP contribution is 2.13. The number of hydrogen-bond donors (Lipinski definition) is 1. The molecule has 2 atom stereocenters. The first kappa shape index (κ1) is 11.0. The van der Waals surface area contributed by atoms with E-state index in [4.69, 9.17) is 0 Å². The van der Waals surface area contributed by atoms with Crippen molar-refractivity contribution in [3.8, 4) is 0 Å². The van der Waals surface area contributed by atoms with Crippen LogP contribution >= 0.6 is 0 Å². The van der Waals surface area contributed by atoms with E-state index in [1.54, 1.807) is 0 Å². The van der Waals surface area contributed by atoms with Crippen LogP contribution in [0, 0.1) is 5.92 Å². The topological polar surface area (TPSA) is 24.9 Å². The molecule has 0 aromatic carbocycles. The van der Waals surface area contributed by atoms with Gasteiger partial charge in [-0.3, -0.25) is 4.98 Å². The van der Waals surface area contributed by atoms with Crippen LogP contribution in [0.1, 0.15) is 33.6 Å². The number of anilines is 1. The van der Waals surface area contributed by atoms with E-state index in [9.17, 15) is 0 Å². The molecule has 0 aliphatic rings. The first-order valence-electron chi connectivity index (χ1n) is 5.39. The summed E-state index contributed by atoms with van der Waals surface area (Å²) in [5.41, 5.74) is 1.16. The third-order valence-electron chi connectivity index (χ3n) is 2.55. The second-order valence-corrected chi connectivity index (χ2v) is 4.03. The Bertz CT molecular complexity index is 246. The Balaban J connectivity index is 2.37. The van der Waals surface area contributed by atoms with Crippen LogP contribution in [0.25, 0.3) is 0 Å². The van der Waals surface area contributed by atoms with Gasteiger partial charge in [-0.1, -0.05) is 20.3 Å². The van der Waals surface area contributed by atoms with Crippen LogP contribution in [0.4, 0.5) is 5.69 Å². The van der Waals surface area contributed by atoms with Crippen molar-refractivity contribution in [3.05, 3.63) is 24.5 Å². The minimum atomic E-state index is 0.535. The molecule has 0 saturated carbocycles. The fraction of sp³-hybridized carbons (Fsp3) is 0.583. The highest BCUT2D eigenvalue weighted by Gasteiger charge is 2.06. The van der Waals surface area contributed by atoms with Crippen LogP contribution in [0.3, 0.4) is 0 Å². The molecule has 1 aromatic rings.